The van der Waals surface area contributed by atoms with Crippen LogP contribution in [0, 0.1) is 0 Å². The third-order valence-corrected chi connectivity index (χ3v) is 9.82. The molecule has 0 spiro atoms. The molecule has 12 atom stereocenters. The van der Waals surface area contributed by atoms with Gasteiger partial charge in [0.05, 0.1) is 32.0 Å². The van der Waals surface area contributed by atoms with Crippen LogP contribution in [0.25, 0.3) is 0 Å². The van der Waals surface area contributed by atoms with E-state index in [1.54, 1.807) is 0 Å². The summed E-state index contributed by atoms with van der Waals surface area (Å²) >= 11 is 0. The molecule has 2 fully saturated rings. The van der Waals surface area contributed by atoms with E-state index in [0.29, 0.717) is 12.8 Å². The van der Waals surface area contributed by atoms with Crippen LogP contribution in [0.4, 0.5) is 0 Å². The summed E-state index contributed by atoms with van der Waals surface area (Å²) in [6.45, 7) is 2.71. The van der Waals surface area contributed by atoms with Gasteiger partial charge < -0.3 is 65.1 Å². The fraction of sp³-hybridized carbons (Fsp3) is 0.972. The van der Waals surface area contributed by atoms with Crippen molar-refractivity contribution in [2.45, 2.75) is 203 Å². The normalized spacial score (nSPS) is 31.4. The lowest BCUT2D eigenvalue weighted by Crippen LogP contribution is -2.65. The van der Waals surface area contributed by atoms with Gasteiger partial charge in [-0.25, -0.2) is 0 Å². The number of hydrogen-bond acceptors (Lipinski definition) is 13. The Morgan fingerprint density at radius 1 is 0.640 bits per heavy atom. The van der Waals surface area contributed by atoms with Gasteiger partial charge in [0, 0.05) is 6.42 Å². The first-order valence-electron chi connectivity index (χ1n) is 19.3. The summed E-state index contributed by atoms with van der Waals surface area (Å²) in [7, 11) is 0. The molecule has 2 heterocycles. The van der Waals surface area contributed by atoms with Gasteiger partial charge in [-0.2, -0.15) is 0 Å². The zero-order chi connectivity index (χ0) is 36.9. The van der Waals surface area contributed by atoms with Gasteiger partial charge in [-0.05, 0) is 12.8 Å². The van der Waals surface area contributed by atoms with E-state index >= 15 is 0 Å². The summed E-state index contributed by atoms with van der Waals surface area (Å²) in [5.74, 6) is -0.220. The molecule has 12 unspecified atom stereocenters. The summed E-state index contributed by atoms with van der Waals surface area (Å²) in [4.78, 5) is 12.9. The monoisotopic (exact) mass is 723 g/mol. The van der Waals surface area contributed by atoms with Crippen LogP contribution in [0.2, 0.25) is 0 Å². The van der Waals surface area contributed by atoms with Gasteiger partial charge in [0.15, 0.2) is 12.6 Å². The predicted octanol–water partition coefficient (Wildman–Crippen LogP) is 1.53. The molecular weight excluding hydrogens is 654 g/mol. The van der Waals surface area contributed by atoms with E-state index in [1.807, 2.05) is 0 Å². The van der Waals surface area contributed by atoms with Crippen molar-refractivity contribution in [3.8, 4) is 0 Å². The highest BCUT2D eigenvalue weighted by Crippen LogP contribution is 2.30. The smallest absolute Gasteiger partial charge is 0.220 e. The Labute approximate surface area is 298 Å². The lowest BCUT2D eigenvalue weighted by molar-refractivity contribution is -0.359. The minimum absolute atomic E-state index is 0.220. The number of unbranched alkanes of at least 4 members (excludes halogenated alkanes) is 14. The molecule has 296 valence electrons. The van der Waals surface area contributed by atoms with Crippen molar-refractivity contribution in [1.29, 1.82) is 0 Å². The van der Waals surface area contributed by atoms with Gasteiger partial charge in [0.25, 0.3) is 0 Å². The van der Waals surface area contributed by atoms with Crippen molar-refractivity contribution in [1.82, 2.24) is 5.32 Å². The van der Waals surface area contributed by atoms with E-state index in [9.17, 15) is 45.6 Å². The number of carbonyl (C=O) groups excluding carboxylic acids is 1. The van der Waals surface area contributed by atoms with Crippen LogP contribution in [0.1, 0.15) is 129 Å². The lowest BCUT2D eigenvalue weighted by atomic mass is 9.97. The molecule has 0 aliphatic carbocycles. The Kier molecular flexibility index (Phi) is 23.4. The van der Waals surface area contributed by atoms with Crippen molar-refractivity contribution < 1.29 is 64.6 Å². The number of amides is 1. The molecule has 1 amide bonds. The van der Waals surface area contributed by atoms with E-state index < -0.39 is 86.8 Å². The Balaban J connectivity index is 1.95. The van der Waals surface area contributed by atoms with Crippen LogP contribution in [0.15, 0.2) is 0 Å². The second-order valence-corrected chi connectivity index (χ2v) is 14.1. The third kappa shape index (κ3) is 15.5. The highest BCUT2D eigenvalue weighted by Gasteiger charge is 2.50. The zero-order valence-corrected chi connectivity index (χ0v) is 30.4. The van der Waals surface area contributed by atoms with Crippen LogP contribution >= 0.6 is 0 Å². The maximum absolute atomic E-state index is 12.9. The highest BCUT2D eigenvalue weighted by molar-refractivity contribution is 5.76. The number of aliphatic hydroxyl groups excluding tert-OH is 8. The molecule has 50 heavy (non-hydrogen) atoms. The fourth-order valence-corrected chi connectivity index (χ4v) is 6.53. The lowest BCUT2D eigenvalue weighted by Gasteiger charge is -2.46. The van der Waals surface area contributed by atoms with Gasteiger partial charge in [0.2, 0.25) is 5.91 Å². The Morgan fingerprint density at radius 2 is 1.14 bits per heavy atom. The zero-order valence-electron chi connectivity index (χ0n) is 30.4. The largest absolute Gasteiger partial charge is 0.394 e. The summed E-state index contributed by atoms with van der Waals surface area (Å²) in [5.41, 5.74) is 0. The van der Waals surface area contributed by atoms with Gasteiger partial charge in [0.1, 0.15) is 48.8 Å². The quantitative estimate of drug-likeness (QED) is 0.0549. The maximum atomic E-state index is 12.9. The minimum atomic E-state index is -1.77. The molecule has 0 bridgehead atoms. The third-order valence-electron chi connectivity index (χ3n) is 9.82. The molecule has 0 saturated carbocycles. The van der Waals surface area contributed by atoms with Crippen molar-refractivity contribution in [3.05, 3.63) is 0 Å². The van der Waals surface area contributed by atoms with Crippen LogP contribution in [-0.2, 0) is 23.7 Å². The van der Waals surface area contributed by atoms with E-state index in [4.69, 9.17) is 18.9 Å². The second kappa shape index (κ2) is 25.9. The molecule has 2 aliphatic rings. The van der Waals surface area contributed by atoms with Gasteiger partial charge in [-0.15, -0.1) is 0 Å². The average molecular weight is 724 g/mol. The van der Waals surface area contributed by atoms with Gasteiger partial charge in [-0.1, -0.05) is 110 Å². The number of ether oxygens (including phenoxy) is 4. The second-order valence-electron chi connectivity index (χ2n) is 14.1. The van der Waals surface area contributed by atoms with Crippen molar-refractivity contribution in [3.63, 3.8) is 0 Å². The summed E-state index contributed by atoms with van der Waals surface area (Å²) < 4.78 is 22.5. The molecule has 14 heteroatoms. The molecule has 0 aromatic carbocycles. The van der Waals surface area contributed by atoms with Crippen LogP contribution in [-0.4, -0.2) is 140 Å². The number of rotatable bonds is 27. The summed E-state index contributed by atoms with van der Waals surface area (Å²) in [6, 6.07) is -0.815. The van der Waals surface area contributed by atoms with Crippen molar-refractivity contribution in [2.75, 3.05) is 19.8 Å². The standard InChI is InChI=1S/C36H69NO13/c1-3-5-7-9-11-12-13-14-15-17-19-25(40)24(37-28(41)20-18-16-10-8-6-4-2)23-47-35-33(46)31(44)34(27(22-39)49-35)50-36-32(45)30(43)29(42)26(21-38)48-36/h24-27,29-36,38-40,42-46H,3-23H2,1-2H3,(H,37,41). The van der Waals surface area contributed by atoms with E-state index in [-0.39, 0.29) is 12.5 Å². The first-order chi connectivity index (χ1) is 24.1. The van der Waals surface area contributed by atoms with Gasteiger partial charge in [-0.3, -0.25) is 4.79 Å². The summed E-state index contributed by atoms with van der Waals surface area (Å²) in [6.07, 6.45) is 1.71. The molecule has 2 saturated heterocycles. The Morgan fingerprint density at radius 3 is 1.70 bits per heavy atom. The molecule has 0 aromatic heterocycles. The first-order valence-corrected chi connectivity index (χ1v) is 19.3. The van der Waals surface area contributed by atoms with E-state index in [1.165, 1.54) is 38.5 Å². The molecule has 9 N–H and O–H groups in total. The van der Waals surface area contributed by atoms with Crippen LogP contribution in [0.3, 0.4) is 0 Å². The Hall–Kier alpha value is -1.01. The number of nitrogens with one attached hydrogen (secondary N) is 1. The number of aliphatic hydroxyl groups is 8. The van der Waals surface area contributed by atoms with E-state index in [0.717, 1.165) is 64.2 Å². The SMILES string of the molecule is CCCCCCCCCCCCC(O)C(COC1OC(CO)C(OC2OC(CO)C(O)C(O)C2O)C(O)C1O)NC(=O)CCCCCCCC. The summed E-state index contributed by atoms with van der Waals surface area (Å²) in [5, 5.41) is 85.9. The van der Waals surface area contributed by atoms with Gasteiger partial charge >= 0.3 is 0 Å². The fourth-order valence-electron chi connectivity index (χ4n) is 6.53. The molecule has 14 nitrogen and oxygen atoms in total. The molecule has 0 aromatic rings. The molecule has 0 radical (unpaired) electrons. The maximum Gasteiger partial charge on any atom is 0.220 e. The van der Waals surface area contributed by atoms with Crippen LogP contribution in [0.5, 0.6) is 0 Å². The molecular formula is C36H69NO13. The molecule has 2 rings (SSSR count). The minimum Gasteiger partial charge on any atom is -0.394 e. The van der Waals surface area contributed by atoms with Crippen LogP contribution < -0.4 is 5.32 Å². The first kappa shape index (κ1) is 45.1. The molecule has 2 aliphatic heterocycles. The average Bonchev–Trinajstić information content (AvgIpc) is 3.11. The van der Waals surface area contributed by atoms with Crippen molar-refractivity contribution >= 4 is 5.91 Å². The Bertz CT molecular complexity index is 868. The topological polar surface area (TPSA) is 228 Å². The van der Waals surface area contributed by atoms with E-state index in [2.05, 4.69) is 19.2 Å². The number of hydrogen-bond donors (Lipinski definition) is 9. The highest BCUT2D eigenvalue weighted by atomic mass is 16.7. The number of carbonyl (C=O) groups is 1. The predicted molar refractivity (Wildman–Crippen MR) is 185 cm³/mol. The van der Waals surface area contributed by atoms with Crippen molar-refractivity contribution in [2.24, 2.45) is 0 Å².